The molecule has 4 heteroatoms. The van der Waals surface area contributed by atoms with Gasteiger partial charge >= 0.3 is 0 Å². The molecular formula is C19H28N2O2. The second-order valence-electron chi connectivity index (χ2n) is 7.13. The molecule has 0 aromatic heterocycles. The van der Waals surface area contributed by atoms with E-state index < -0.39 is 0 Å². The zero-order chi connectivity index (χ0) is 16.3. The highest BCUT2D eigenvalue weighted by atomic mass is 16.5. The molecule has 1 aliphatic carbocycles. The summed E-state index contributed by atoms with van der Waals surface area (Å²) in [6.45, 7) is 4.35. The van der Waals surface area contributed by atoms with Gasteiger partial charge < -0.3 is 15.8 Å². The van der Waals surface area contributed by atoms with Gasteiger partial charge in [-0.3, -0.25) is 4.79 Å². The van der Waals surface area contributed by atoms with Gasteiger partial charge in [-0.2, -0.15) is 0 Å². The van der Waals surface area contributed by atoms with Gasteiger partial charge in [-0.25, -0.2) is 0 Å². The zero-order valence-electron chi connectivity index (χ0n) is 14.0. The van der Waals surface area contributed by atoms with E-state index in [2.05, 4.69) is 36.5 Å². The van der Waals surface area contributed by atoms with E-state index in [0.29, 0.717) is 6.54 Å². The van der Waals surface area contributed by atoms with Gasteiger partial charge in [0.25, 0.3) is 0 Å². The van der Waals surface area contributed by atoms with Crippen LogP contribution >= 0.6 is 0 Å². The van der Waals surface area contributed by atoms with Crippen molar-refractivity contribution in [3.63, 3.8) is 0 Å². The lowest BCUT2D eigenvalue weighted by Crippen LogP contribution is -2.48. The fourth-order valence-electron chi connectivity index (χ4n) is 4.17. The molecule has 4 nitrogen and oxygen atoms in total. The number of amides is 1. The molecule has 3 rings (SSSR count). The van der Waals surface area contributed by atoms with Gasteiger partial charge in [-0.05, 0) is 43.7 Å². The first kappa shape index (κ1) is 16.5. The van der Waals surface area contributed by atoms with Crippen LogP contribution in [0.2, 0.25) is 0 Å². The minimum atomic E-state index is -0.0120. The summed E-state index contributed by atoms with van der Waals surface area (Å²) in [5.41, 5.74) is 8.70. The Bertz CT molecular complexity index is 552. The Kier molecular flexibility index (Phi) is 5.02. The van der Waals surface area contributed by atoms with E-state index >= 15 is 0 Å². The minimum Gasteiger partial charge on any atom is -0.381 e. The van der Waals surface area contributed by atoms with Crippen LogP contribution in [0.4, 0.5) is 0 Å². The summed E-state index contributed by atoms with van der Waals surface area (Å²) in [6.07, 6.45) is 4.86. The molecular weight excluding hydrogens is 288 g/mol. The van der Waals surface area contributed by atoms with Crippen LogP contribution in [-0.2, 0) is 14.9 Å². The summed E-state index contributed by atoms with van der Waals surface area (Å²) in [5.74, 6) is 0.123. The topological polar surface area (TPSA) is 64.4 Å². The number of hydrogen-bond acceptors (Lipinski definition) is 3. The molecule has 3 N–H and O–H groups in total. The van der Waals surface area contributed by atoms with E-state index in [9.17, 15) is 4.79 Å². The van der Waals surface area contributed by atoms with Crippen molar-refractivity contribution in [3.05, 3.63) is 35.4 Å². The van der Waals surface area contributed by atoms with E-state index in [1.807, 2.05) is 0 Å². The van der Waals surface area contributed by atoms with Crippen molar-refractivity contribution in [2.75, 3.05) is 19.8 Å². The Hall–Kier alpha value is -1.39. The summed E-state index contributed by atoms with van der Waals surface area (Å²) in [5, 5.41) is 3.22. The van der Waals surface area contributed by atoms with Crippen LogP contribution in [0.1, 0.15) is 43.2 Å². The molecule has 1 amide bonds. The first-order valence-corrected chi connectivity index (χ1v) is 8.79. The fourth-order valence-corrected chi connectivity index (χ4v) is 4.17. The van der Waals surface area contributed by atoms with E-state index in [0.717, 1.165) is 45.3 Å². The lowest BCUT2D eigenvalue weighted by molar-refractivity contribution is -0.125. The molecule has 126 valence electrons. The van der Waals surface area contributed by atoms with Crippen LogP contribution in [0.5, 0.6) is 0 Å². The standard InChI is InChI=1S/C19H28N2O2/c1-14-5-2-3-7-16(14)19(9-11-23-12-10-19)13-21-18(22)15-6-4-8-17(15)20/h2-3,5,7,15,17H,4,6,8-13,20H2,1H3,(H,21,22)/t15-,17+/m1/s1. The van der Waals surface area contributed by atoms with Gasteiger partial charge in [0.05, 0.1) is 5.92 Å². The third kappa shape index (κ3) is 3.43. The third-order valence-electron chi connectivity index (χ3n) is 5.67. The molecule has 0 spiro atoms. The van der Waals surface area contributed by atoms with Gasteiger partial charge in [0.1, 0.15) is 0 Å². The Labute approximate surface area is 138 Å². The molecule has 1 aliphatic heterocycles. The summed E-state index contributed by atoms with van der Waals surface area (Å²) < 4.78 is 5.58. The highest BCUT2D eigenvalue weighted by Gasteiger charge is 2.37. The lowest BCUT2D eigenvalue weighted by atomic mass is 9.72. The molecule has 0 unspecified atom stereocenters. The van der Waals surface area contributed by atoms with Crippen molar-refractivity contribution in [2.24, 2.45) is 11.7 Å². The molecule has 1 saturated heterocycles. The van der Waals surface area contributed by atoms with Gasteiger partial charge in [-0.15, -0.1) is 0 Å². The number of ether oxygens (including phenoxy) is 1. The molecule has 2 aliphatic rings. The number of hydrogen-bond donors (Lipinski definition) is 2. The maximum Gasteiger partial charge on any atom is 0.224 e. The Morgan fingerprint density at radius 1 is 1.30 bits per heavy atom. The van der Waals surface area contributed by atoms with Crippen LogP contribution in [0.3, 0.4) is 0 Å². The van der Waals surface area contributed by atoms with Crippen molar-refractivity contribution < 1.29 is 9.53 Å². The van der Waals surface area contributed by atoms with E-state index in [4.69, 9.17) is 10.5 Å². The average molecular weight is 316 g/mol. The van der Waals surface area contributed by atoms with Crippen LogP contribution in [0, 0.1) is 12.8 Å². The molecule has 1 saturated carbocycles. The van der Waals surface area contributed by atoms with Crippen molar-refractivity contribution in [1.82, 2.24) is 5.32 Å². The number of nitrogens with two attached hydrogens (primary N) is 1. The van der Waals surface area contributed by atoms with Gasteiger partial charge in [0.2, 0.25) is 5.91 Å². The summed E-state index contributed by atoms with van der Waals surface area (Å²) in [7, 11) is 0. The lowest BCUT2D eigenvalue weighted by Gasteiger charge is -2.39. The number of rotatable bonds is 4. The Balaban J connectivity index is 1.75. The summed E-state index contributed by atoms with van der Waals surface area (Å²) in [4.78, 5) is 12.5. The number of aryl methyl sites for hydroxylation is 1. The quantitative estimate of drug-likeness (QED) is 0.896. The van der Waals surface area contributed by atoms with Crippen LogP contribution in [-0.4, -0.2) is 31.7 Å². The molecule has 23 heavy (non-hydrogen) atoms. The first-order chi connectivity index (χ1) is 11.1. The fraction of sp³-hybridized carbons (Fsp3) is 0.632. The van der Waals surface area contributed by atoms with Crippen molar-refractivity contribution in [1.29, 1.82) is 0 Å². The Morgan fingerprint density at radius 2 is 2.04 bits per heavy atom. The average Bonchev–Trinajstić information content (AvgIpc) is 3.00. The Morgan fingerprint density at radius 3 is 2.70 bits per heavy atom. The molecule has 0 bridgehead atoms. The molecule has 2 atom stereocenters. The molecule has 2 fully saturated rings. The zero-order valence-corrected chi connectivity index (χ0v) is 14.0. The smallest absolute Gasteiger partial charge is 0.224 e. The number of carbonyl (C=O) groups is 1. The SMILES string of the molecule is Cc1ccccc1C1(CNC(=O)[C@@H]2CCC[C@@H]2N)CCOCC1. The van der Waals surface area contributed by atoms with E-state index in [1.165, 1.54) is 11.1 Å². The summed E-state index contributed by atoms with van der Waals surface area (Å²) >= 11 is 0. The number of benzene rings is 1. The second kappa shape index (κ2) is 7.02. The molecule has 1 aromatic carbocycles. The van der Waals surface area contributed by atoms with Crippen molar-refractivity contribution >= 4 is 5.91 Å². The van der Waals surface area contributed by atoms with Crippen LogP contribution in [0.15, 0.2) is 24.3 Å². The molecule has 1 heterocycles. The molecule has 0 radical (unpaired) electrons. The van der Waals surface area contributed by atoms with Gasteiger partial charge in [0.15, 0.2) is 0 Å². The van der Waals surface area contributed by atoms with Crippen LogP contribution < -0.4 is 11.1 Å². The van der Waals surface area contributed by atoms with E-state index in [-0.39, 0.29) is 23.3 Å². The molecule has 1 aromatic rings. The minimum absolute atomic E-state index is 0.0104. The monoisotopic (exact) mass is 316 g/mol. The highest BCUT2D eigenvalue weighted by Crippen LogP contribution is 2.36. The maximum atomic E-state index is 12.5. The maximum absolute atomic E-state index is 12.5. The highest BCUT2D eigenvalue weighted by molar-refractivity contribution is 5.79. The van der Waals surface area contributed by atoms with Crippen molar-refractivity contribution in [2.45, 2.75) is 50.5 Å². The normalized spacial score (nSPS) is 26.9. The van der Waals surface area contributed by atoms with Crippen molar-refractivity contribution in [3.8, 4) is 0 Å². The van der Waals surface area contributed by atoms with Gasteiger partial charge in [-0.1, -0.05) is 30.7 Å². The summed E-state index contributed by atoms with van der Waals surface area (Å²) in [6, 6.07) is 8.55. The number of nitrogens with one attached hydrogen (secondary N) is 1. The number of carbonyl (C=O) groups excluding carboxylic acids is 1. The predicted molar refractivity (Wildman–Crippen MR) is 91.2 cm³/mol. The first-order valence-electron chi connectivity index (χ1n) is 8.79. The third-order valence-corrected chi connectivity index (χ3v) is 5.67. The largest absolute Gasteiger partial charge is 0.381 e. The van der Waals surface area contributed by atoms with Crippen LogP contribution in [0.25, 0.3) is 0 Å². The van der Waals surface area contributed by atoms with Gasteiger partial charge in [0, 0.05) is 31.2 Å². The predicted octanol–water partition coefficient (Wildman–Crippen LogP) is 2.29. The second-order valence-corrected chi connectivity index (χ2v) is 7.13. The van der Waals surface area contributed by atoms with E-state index in [1.54, 1.807) is 0 Å².